The van der Waals surface area contributed by atoms with E-state index in [1.807, 2.05) is 6.07 Å². The summed E-state index contributed by atoms with van der Waals surface area (Å²) in [6.07, 6.45) is 7.86. The molecule has 190 valence electrons. The Morgan fingerprint density at radius 2 is 2.11 bits per heavy atom. The number of hydrogen-bond acceptors (Lipinski definition) is 7. The third-order valence-electron chi connectivity index (χ3n) is 6.37. The molecule has 1 atom stereocenters. The monoisotopic (exact) mass is 501 g/mol. The highest BCUT2D eigenvalue weighted by atomic mass is 32.1. The van der Waals surface area contributed by atoms with E-state index in [1.165, 1.54) is 15.9 Å². The SMILES string of the molecule is CC(CCCN=C(N)N)(NC(=O)Cn1cccc(CCC2CCNCC2)c1=O)C(=O)c1nccs1. The molecule has 10 nitrogen and oxygen atoms in total. The topological polar surface area (TPSA) is 157 Å². The fourth-order valence-electron chi connectivity index (χ4n) is 4.38. The molecule has 35 heavy (non-hydrogen) atoms. The second-order valence-corrected chi connectivity index (χ2v) is 10.0. The quantitative estimate of drug-likeness (QED) is 0.146. The van der Waals surface area contributed by atoms with Crippen molar-refractivity contribution in [3.05, 3.63) is 50.8 Å². The van der Waals surface area contributed by atoms with Crippen LogP contribution in [0.3, 0.4) is 0 Å². The van der Waals surface area contributed by atoms with Gasteiger partial charge in [-0.05, 0) is 70.5 Å². The molecule has 0 radical (unpaired) electrons. The lowest BCUT2D eigenvalue weighted by Crippen LogP contribution is -2.53. The lowest BCUT2D eigenvalue weighted by Gasteiger charge is -2.28. The van der Waals surface area contributed by atoms with Gasteiger partial charge in [-0.3, -0.25) is 19.4 Å². The van der Waals surface area contributed by atoms with E-state index in [1.54, 1.807) is 30.8 Å². The Balaban J connectivity index is 1.67. The number of thiazole rings is 1. The fraction of sp³-hybridized carbons (Fsp3) is 0.542. The van der Waals surface area contributed by atoms with Crippen LogP contribution in [0, 0.1) is 5.92 Å². The van der Waals surface area contributed by atoms with Crippen LogP contribution in [0.4, 0.5) is 0 Å². The largest absolute Gasteiger partial charge is 0.370 e. The Hall–Kier alpha value is -3.05. The smallest absolute Gasteiger partial charge is 0.254 e. The number of carbonyl (C=O) groups is 2. The van der Waals surface area contributed by atoms with E-state index in [9.17, 15) is 14.4 Å². The van der Waals surface area contributed by atoms with Gasteiger partial charge >= 0.3 is 0 Å². The number of amides is 1. The number of piperidine rings is 1. The van der Waals surface area contributed by atoms with Crippen molar-refractivity contribution >= 4 is 29.0 Å². The van der Waals surface area contributed by atoms with E-state index < -0.39 is 11.4 Å². The van der Waals surface area contributed by atoms with Crippen molar-refractivity contribution in [3.63, 3.8) is 0 Å². The predicted molar refractivity (Wildman–Crippen MR) is 138 cm³/mol. The summed E-state index contributed by atoms with van der Waals surface area (Å²) in [5.74, 6) is -0.115. The molecule has 0 aliphatic carbocycles. The molecule has 11 heteroatoms. The summed E-state index contributed by atoms with van der Waals surface area (Å²) in [5, 5.41) is 8.23. The van der Waals surface area contributed by atoms with E-state index in [0.29, 0.717) is 42.3 Å². The maximum Gasteiger partial charge on any atom is 0.254 e. The summed E-state index contributed by atoms with van der Waals surface area (Å²) >= 11 is 1.22. The molecule has 0 bridgehead atoms. The highest BCUT2D eigenvalue weighted by Gasteiger charge is 2.36. The van der Waals surface area contributed by atoms with Gasteiger partial charge < -0.3 is 26.7 Å². The molecule has 1 unspecified atom stereocenters. The minimum absolute atomic E-state index is 0.0265. The second kappa shape index (κ2) is 12.6. The molecule has 6 N–H and O–H groups in total. The third kappa shape index (κ3) is 7.72. The zero-order chi connectivity index (χ0) is 25.3. The minimum Gasteiger partial charge on any atom is -0.370 e. The van der Waals surface area contributed by atoms with Gasteiger partial charge in [-0.15, -0.1) is 11.3 Å². The van der Waals surface area contributed by atoms with Crippen molar-refractivity contribution in [3.8, 4) is 0 Å². The molecule has 1 aliphatic heterocycles. The van der Waals surface area contributed by atoms with Crippen molar-refractivity contribution in [1.82, 2.24) is 20.2 Å². The number of ketones is 1. The van der Waals surface area contributed by atoms with Crippen LogP contribution < -0.4 is 27.7 Å². The van der Waals surface area contributed by atoms with Crippen LogP contribution in [0.15, 0.2) is 39.7 Å². The van der Waals surface area contributed by atoms with E-state index >= 15 is 0 Å². The molecule has 3 rings (SSSR count). The first kappa shape index (κ1) is 26.6. The molecule has 0 spiro atoms. The number of pyridine rings is 1. The fourth-order valence-corrected chi connectivity index (χ4v) is 5.08. The molecule has 1 saturated heterocycles. The van der Waals surface area contributed by atoms with Crippen LogP contribution in [0.2, 0.25) is 0 Å². The first-order valence-corrected chi connectivity index (χ1v) is 12.9. The molecule has 1 amide bonds. The molecule has 1 aliphatic rings. The number of nitrogens with one attached hydrogen (secondary N) is 2. The Bertz CT molecular complexity index is 1070. The molecule has 0 saturated carbocycles. The molecule has 0 aromatic carbocycles. The van der Waals surface area contributed by atoms with Crippen molar-refractivity contribution in [2.45, 2.75) is 57.5 Å². The van der Waals surface area contributed by atoms with Gasteiger partial charge in [0.15, 0.2) is 11.0 Å². The first-order chi connectivity index (χ1) is 16.8. The number of aliphatic imine (C=N–C) groups is 1. The van der Waals surface area contributed by atoms with Gasteiger partial charge in [-0.25, -0.2) is 4.98 Å². The highest BCUT2D eigenvalue weighted by Crippen LogP contribution is 2.21. The average molecular weight is 502 g/mol. The van der Waals surface area contributed by atoms with Crippen molar-refractivity contribution < 1.29 is 9.59 Å². The van der Waals surface area contributed by atoms with Crippen LogP contribution in [0.25, 0.3) is 0 Å². The number of rotatable bonds is 12. The zero-order valence-corrected chi connectivity index (χ0v) is 21.0. The van der Waals surface area contributed by atoms with Crippen LogP contribution in [-0.2, 0) is 17.8 Å². The standard InChI is InChI=1S/C24H35N7O3S/c1-24(9-3-10-29-23(25)26,20(33)21-28-13-15-35-21)30-19(32)16-31-14-2-4-18(22(31)34)6-5-17-7-11-27-12-8-17/h2,4,13-15,17,27H,3,5-12,16H2,1H3,(H,30,32)(H4,25,26,29). The number of guanidine groups is 1. The number of carbonyl (C=O) groups excluding carboxylic acids is 2. The second-order valence-electron chi connectivity index (χ2n) is 9.16. The minimum atomic E-state index is -1.20. The lowest BCUT2D eigenvalue weighted by atomic mass is 9.90. The summed E-state index contributed by atoms with van der Waals surface area (Å²) in [4.78, 5) is 47.2. The third-order valence-corrected chi connectivity index (χ3v) is 7.14. The number of aryl methyl sites for hydroxylation is 1. The summed E-state index contributed by atoms with van der Waals surface area (Å²) in [5.41, 5.74) is 10.1. The predicted octanol–water partition coefficient (Wildman–Crippen LogP) is 1.05. The van der Waals surface area contributed by atoms with E-state index in [4.69, 9.17) is 11.5 Å². The summed E-state index contributed by atoms with van der Waals surface area (Å²) in [7, 11) is 0. The molecular formula is C24H35N7O3S. The summed E-state index contributed by atoms with van der Waals surface area (Å²) in [6, 6.07) is 3.62. The summed E-state index contributed by atoms with van der Waals surface area (Å²) < 4.78 is 1.40. The maximum atomic E-state index is 13.2. The van der Waals surface area contributed by atoms with E-state index in [-0.39, 0.29) is 23.8 Å². The normalized spacial score (nSPS) is 15.8. The van der Waals surface area contributed by atoms with Crippen LogP contribution in [0.5, 0.6) is 0 Å². The Kier molecular flexibility index (Phi) is 9.55. The van der Waals surface area contributed by atoms with Gasteiger partial charge in [-0.2, -0.15) is 0 Å². The number of Topliss-reactive ketones (excluding diaryl/α,β-unsaturated/α-hetero) is 1. The number of nitrogens with two attached hydrogens (primary N) is 2. The van der Waals surface area contributed by atoms with Crippen LogP contribution in [-0.4, -0.2) is 52.4 Å². The first-order valence-electron chi connectivity index (χ1n) is 12.0. The molecule has 2 aromatic heterocycles. The van der Waals surface area contributed by atoms with Crippen LogP contribution >= 0.6 is 11.3 Å². The van der Waals surface area contributed by atoms with E-state index in [0.717, 1.165) is 32.4 Å². The maximum absolute atomic E-state index is 13.2. The van der Waals surface area contributed by atoms with Gasteiger partial charge in [0.25, 0.3) is 5.56 Å². The molecular weight excluding hydrogens is 466 g/mol. The van der Waals surface area contributed by atoms with Gasteiger partial charge in [0.1, 0.15) is 12.1 Å². The van der Waals surface area contributed by atoms with Crippen molar-refractivity contribution in [2.24, 2.45) is 22.4 Å². The Labute approximate surface area is 209 Å². The molecule has 2 aromatic rings. The Morgan fingerprint density at radius 3 is 2.80 bits per heavy atom. The van der Waals surface area contributed by atoms with Crippen molar-refractivity contribution in [1.29, 1.82) is 0 Å². The van der Waals surface area contributed by atoms with E-state index in [2.05, 4.69) is 20.6 Å². The van der Waals surface area contributed by atoms with Gasteiger partial charge in [0.2, 0.25) is 11.7 Å². The van der Waals surface area contributed by atoms with Gasteiger partial charge in [0.05, 0.1) is 0 Å². The number of aromatic nitrogens is 2. The molecule has 1 fully saturated rings. The lowest BCUT2D eigenvalue weighted by molar-refractivity contribution is -0.123. The van der Waals surface area contributed by atoms with Crippen molar-refractivity contribution in [2.75, 3.05) is 19.6 Å². The number of hydrogen-bond donors (Lipinski definition) is 4. The average Bonchev–Trinajstić information content (AvgIpc) is 3.37. The van der Waals surface area contributed by atoms with Crippen LogP contribution in [0.1, 0.15) is 54.4 Å². The highest BCUT2D eigenvalue weighted by molar-refractivity contribution is 7.11. The Morgan fingerprint density at radius 1 is 1.34 bits per heavy atom. The molecule has 3 heterocycles. The summed E-state index contributed by atoms with van der Waals surface area (Å²) in [6.45, 7) is 3.87. The zero-order valence-electron chi connectivity index (χ0n) is 20.2. The van der Waals surface area contributed by atoms with Gasteiger partial charge in [0, 0.05) is 29.9 Å². The van der Waals surface area contributed by atoms with Gasteiger partial charge in [-0.1, -0.05) is 6.07 Å². The number of nitrogens with zero attached hydrogens (tertiary/aromatic N) is 3.